The van der Waals surface area contributed by atoms with Crippen LogP contribution in [0.2, 0.25) is 0 Å². The van der Waals surface area contributed by atoms with Gasteiger partial charge in [0.15, 0.2) is 0 Å². The number of nitrogens with zero attached hydrogens (tertiary/aromatic N) is 2. The molecule has 4 atom stereocenters. The van der Waals surface area contributed by atoms with Gasteiger partial charge in [0.25, 0.3) is 0 Å². The first-order chi connectivity index (χ1) is 45.2. The molecule has 0 radical (unpaired) electrons. The van der Waals surface area contributed by atoms with E-state index >= 15 is 0 Å². The quantitative estimate of drug-likeness (QED) is 0.0487. The molecule has 4 unspecified atom stereocenters. The maximum atomic E-state index is 6.44. The number of hydrogen-bond donors (Lipinski definition) is 1. The second-order valence-electron chi connectivity index (χ2n) is 31.3. The second-order valence-corrected chi connectivity index (χ2v) is 31.3. The van der Waals surface area contributed by atoms with Crippen LogP contribution in [-0.2, 0) is 0 Å². The topological polar surface area (TPSA) is 32.5 Å². The van der Waals surface area contributed by atoms with E-state index in [1.165, 1.54) is 430 Å². The normalized spacial score (nSPS) is 13.8. The van der Waals surface area contributed by atoms with Crippen molar-refractivity contribution < 1.29 is 0 Å². The van der Waals surface area contributed by atoms with Crippen LogP contribution in [0.25, 0.3) is 0 Å². The third-order valence-corrected chi connectivity index (χ3v) is 21.2. The highest BCUT2D eigenvalue weighted by Crippen LogP contribution is 2.26. The van der Waals surface area contributed by atoms with Gasteiger partial charge in [-0.15, -0.1) is 0 Å². The fourth-order valence-corrected chi connectivity index (χ4v) is 14.6. The van der Waals surface area contributed by atoms with Crippen LogP contribution in [0.15, 0.2) is 48.6 Å². The van der Waals surface area contributed by atoms with Crippen molar-refractivity contribution in [2.24, 2.45) is 17.6 Å². The zero-order valence-corrected chi connectivity index (χ0v) is 65.1. The molecule has 0 saturated carbocycles. The van der Waals surface area contributed by atoms with Crippen molar-refractivity contribution in [1.29, 1.82) is 0 Å². The molecule has 0 aliphatic heterocycles. The van der Waals surface area contributed by atoms with Crippen LogP contribution in [0.3, 0.4) is 0 Å². The fourth-order valence-electron chi connectivity index (χ4n) is 14.6. The third-order valence-electron chi connectivity index (χ3n) is 21.2. The van der Waals surface area contributed by atoms with Crippen molar-refractivity contribution in [3.05, 3.63) is 48.6 Å². The minimum absolute atomic E-state index is 0.444. The van der Waals surface area contributed by atoms with Gasteiger partial charge in [-0.25, -0.2) is 0 Å². The molecule has 0 aromatic rings. The van der Waals surface area contributed by atoms with E-state index in [1.807, 2.05) is 0 Å². The zero-order chi connectivity index (χ0) is 66.8. The average Bonchev–Trinajstić information content (AvgIpc) is 3.69. The Kier molecular flexibility index (Phi) is 76.2. The lowest BCUT2D eigenvalue weighted by atomic mass is 9.89. The van der Waals surface area contributed by atoms with Gasteiger partial charge in [0, 0.05) is 18.1 Å². The predicted molar refractivity (Wildman–Crippen MR) is 423 cm³/mol. The van der Waals surface area contributed by atoms with Crippen LogP contribution in [0.5, 0.6) is 0 Å². The van der Waals surface area contributed by atoms with Gasteiger partial charge >= 0.3 is 0 Å². The van der Waals surface area contributed by atoms with E-state index < -0.39 is 0 Å². The molecule has 0 spiro atoms. The first-order valence-electron chi connectivity index (χ1n) is 42.9. The Morgan fingerprint density at radius 3 is 0.674 bits per heavy atom. The van der Waals surface area contributed by atoms with E-state index in [1.54, 1.807) is 0 Å². The summed E-state index contributed by atoms with van der Waals surface area (Å²) in [5.74, 6) is 1.82. The summed E-state index contributed by atoms with van der Waals surface area (Å²) in [6.45, 7) is 9.31. The first kappa shape index (κ1) is 90.8. The van der Waals surface area contributed by atoms with Crippen LogP contribution < -0.4 is 5.73 Å². The summed E-state index contributed by atoms with van der Waals surface area (Å²) >= 11 is 0. The van der Waals surface area contributed by atoms with Gasteiger partial charge in [-0.1, -0.05) is 391 Å². The molecule has 2 N–H and O–H groups in total. The van der Waals surface area contributed by atoms with Gasteiger partial charge in [-0.05, 0) is 162 Å². The van der Waals surface area contributed by atoms with E-state index in [-0.39, 0.29) is 0 Å². The summed E-state index contributed by atoms with van der Waals surface area (Å²) in [6.07, 6.45) is 115. The fraction of sp³-hybridized carbons (Fsp3) is 0.910. The first-order valence-corrected chi connectivity index (χ1v) is 42.9. The number of allylic oxidation sites excluding steroid dienone is 8. The maximum Gasteiger partial charge on any atom is 0.00891 e. The molecular weight excluding hydrogens is 1110 g/mol. The summed E-state index contributed by atoms with van der Waals surface area (Å²) in [6, 6.07) is 2.02. The molecule has 0 aromatic heterocycles. The Balaban J connectivity index is 4.41. The van der Waals surface area contributed by atoms with Crippen molar-refractivity contribution in [3.8, 4) is 0 Å². The molecule has 0 fully saturated rings. The van der Waals surface area contributed by atoms with E-state index in [4.69, 9.17) is 5.73 Å². The molecule has 0 aliphatic carbocycles. The lowest BCUT2D eigenvalue weighted by Gasteiger charge is -2.24. The molecule has 3 heteroatoms. The highest BCUT2D eigenvalue weighted by atomic mass is 15.1. The van der Waals surface area contributed by atoms with Crippen molar-refractivity contribution in [2.45, 2.75) is 482 Å². The largest absolute Gasteiger partial charge is 0.328 e. The predicted octanol–water partition coefficient (Wildman–Crippen LogP) is 30.2. The second kappa shape index (κ2) is 77.2. The van der Waals surface area contributed by atoms with Crippen LogP contribution in [0, 0.1) is 11.8 Å². The minimum Gasteiger partial charge on any atom is -0.328 e. The van der Waals surface area contributed by atoms with E-state index in [0.29, 0.717) is 6.04 Å². The molecular formula is C89H175N3. The third kappa shape index (κ3) is 73.1. The molecule has 0 aromatic carbocycles. The molecule has 546 valence electrons. The van der Waals surface area contributed by atoms with Crippen LogP contribution in [0.1, 0.15) is 464 Å². The average molecular weight is 1290 g/mol. The monoisotopic (exact) mass is 1290 g/mol. The Labute approximate surface area is 583 Å². The Morgan fingerprint density at radius 2 is 0.424 bits per heavy atom. The van der Waals surface area contributed by atoms with Crippen molar-refractivity contribution in [2.75, 3.05) is 28.2 Å². The number of unbranched alkanes of at least 4 members (excludes halogenated alkanes) is 48. The smallest absolute Gasteiger partial charge is 0.00891 e. The van der Waals surface area contributed by atoms with Gasteiger partial charge in [0.2, 0.25) is 0 Å². The van der Waals surface area contributed by atoms with Crippen molar-refractivity contribution in [3.63, 3.8) is 0 Å². The van der Waals surface area contributed by atoms with Crippen molar-refractivity contribution >= 4 is 0 Å². The maximum absolute atomic E-state index is 6.44. The SMILES string of the molecule is CCCCCCCC/C=C\CCCCCCCC(CCCCCCCC(CCCCCC=CCC=CCCCCCCCCCCCC(N)CCCCCCCC(C)C)CCCCCCCCC=CCCCCCCCC(CCCCCCCCC)N(C)C)N(C)C. The van der Waals surface area contributed by atoms with Crippen molar-refractivity contribution in [1.82, 2.24) is 9.80 Å². The lowest BCUT2D eigenvalue weighted by Crippen LogP contribution is -2.27. The van der Waals surface area contributed by atoms with Gasteiger partial charge in [-0.3, -0.25) is 0 Å². The number of hydrogen-bond acceptors (Lipinski definition) is 3. The Morgan fingerprint density at radius 1 is 0.228 bits per heavy atom. The van der Waals surface area contributed by atoms with Crippen LogP contribution in [0.4, 0.5) is 0 Å². The molecule has 0 rings (SSSR count). The molecule has 0 aliphatic rings. The highest BCUT2D eigenvalue weighted by molar-refractivity contribution is 4.93. The summed E-state index contributed by atoms with van der Waals surface area (Å²) in [5.41, 5.74) is 6.44. The molecule has 92 heavy (non-hydrogen) atoms. The molecule has 0 heterocycles. The standard InChI is InChI=1S/C89H175N3/c1-9-11-13-15-17-18-19-20-27-35-40-45-52-63-73-83-89(92(7)8)84-74-64-54-58-68-78-86(77-67-57-49-43-38-33-29-26-31-36-41-46-51-62-72-82-88(91(5)6)81-71-61-47-16-14-12-10-2)76-66-56-48-42-37-32-28-24-22-21-23-25-30-34-39-44-50-59-69-79-87(90)80-70-60-53-55-65-75-85(3)4/h20,22,24,26-27,31-32,37,85-89H,9-19,21,23,25,28-30,33-36,38-84,90H2,1-8H3/b24-22?,27-20-,31-26?,37-32?. The summed E-state index contributed by atoms with van der Waals surface area (Å²) < 4.78 is 0. The Bertz CT molecular complexity index is 1470. The summed E-state index contributed by atoms with van der Waals surface area (Å²) in [5, 5.41) is 0. The highest BCUT2D eigenvalue weighted by Gasteiger charge is 2.14. The summed E-state index contributed by atoms with van der Waals surface area (Å²) in [4.78, 5) is 5.04. The lowest BCUT2D eigenvalue weighted by molar-refractivity contribution is 0.251. The van der Waals surface area contributed by atoms with Gasteiger partial charge in [-0.2, -0.15) is 0 Å². The zero-order valence-electron chi connectivity index (χ0n) is 65.1. The molecule has 0 saturated heterocycles. The van der Waals surface area contributed by atoms with Gasteiger partial charge in [0.1, 0.15) is 0 Å². The number of nitrogens with two attached hydrogens (primary N) is 1. The minimum atomic E-state index is 0.444. The van der Waals surface area contributed by atoms with Gasteiger partial charge < -0.3 is 15.5 Å². The Hall–Kier alpha value is -1.16. The molecule has 3 nitrogen and oxygen atoms in total. The summed E-state index contributed by atoms with van der Waals surface area (Å²) in [7, 11) is 9.28. The molecule has 0 bridgehead atoms. The van der Waals surface area contributed by atoms with Gasteiger partial charge in [0.05, 0.1) is 0 Å². The van der Waals surface area contributed by atoms with Crippen LogP contribution in [-0.4, -0.2) is 56.1 Å². The van der Waals surface area contributed by atoms with Crippen LogP contribution >= 0.6 is 0 Å². The van der Waals surface area contributed by atoms with E-state index in [0.717, 1.165) is 30.3 Å². The van der Waals surface area contributed by atoms with E-state index in [2.05, 4.69) is 114 Å². The molecule has 0 amide bonds. The van der Waals surface area contributed by atoms with E-state index in [9.17, 15) is 0 Å². The number of rotatable bonds is 78.